The van der Waals surface area contributed by atoms with Gasteiger partial charge in [-0.2, -0.15) is 13.2 Å². The van der Waals surface area contributed by atoms with Crippen LogP contribution >= 0.6 is 0 Å². The van der Waals surface area contributed by atoms with Gasteiger partial charge in [0.05, 0.1) is 0 Å². The molecular weight excluding hydrogens is 457 g/mol. The number of anilines is 1. The highest BCUT2D eigenvalue weighted by Gasteiger charge is 2.38. The summed E-state index contributed by atoms with van der Waals surface area (Å²) in [6.07, 6.45) is 1.22. The van der Waals surface area contributed by atoms with Gasteiger partial charge in [0.15, 0.2) is 0 Å². The van der Waals surface area contributed by atoms with Gasteiger partial charge in [-0.1, -0.05) is 48.9 Å². The third kappa shape index (κ3) is 6.00. The van der Waals surface area contributed by atoms with Gasteiger partial charge in [0.1, 0.15) is 0 Å². The molecule has 0 radical (unpaired) electrons. The van der Waals surface area contributed by atoms with Crippen LogP contribution in [0.25, 0.3) is 10.8 Å². The molecule has 3 aromatic rings. The average molecular weight is 485 g/mol. The number of carbonyl (C=O) groups excluding carboxylic acids is 1. The molecule has 0 saturated heterocycles. The Morgan fingerprint density at radius 3 is 2.23 bits per heavy atom. The first kappa shape index (κ1) is 24.7. The Morgan fingerprint density at radius 2 is 1.57 bits per heavy atom. The van der Waals surface area contributed by atoms with Gasteiger partial charge in [0.2, 0.25) is 0 Å². The second-order valence-corrected chi connectivity index (χ2v) is 8.89. The van der Waals surface area contributed by atoms with Crippen LogP contribution in [0.4, 0.5) is 18.9 Å². The summed E-state index contributed by atoms with van der Waals surface area (Å²) in [5.74, 6) is -2.80. The van der Waals surface area contributed by atoms with Crippen molar-refractivity contribution in [2.75, 3.05) is 18.4 Å². The zero-order chi connectivity index (χ0) is 25.0. The lowest BCUT2D eigenvalue weighted by molar-refractivity contribution is -0.192. The highest BCUT2D eigenvalue weighted by Crippen LogP contribution is 2.28. The molecule has 1 fully saturated rings. The van der Waals surface area contributed by atoms with Crippen molar-refractivity contribution < 1.29 is 27.9 Å². The van der Waals surface area contributed by atoms with Crippen LogP contribution in [0.5, 0.6) is 0 Å². The SMILES string of the molecule is O=C(Nc1ccc2c(c1)CCN(C1CCC1)CC2)c1cccc2ccccc12.O=C(O)C(F)(F)F. The Labute approximate surface area is 201 Å². The van der Waals surface area contributed by atoms with Gasteiger partial charge in [0.25, 0.3) is 5.91 Å². The molecule has 1 aliphatic carbocycles. The van der Waals surface area contributed by atoms with Crippen LogP contribution in [0.3, 0.4) is 0 Å². The number of alkyl halides is 3. The Kier molecular flexibility index (Phi) is 7.40. The molecule has 184 valence electrons. The van der Waals surface area contributed by atoms with Crippen molar-refractivity contribution in [1.29, 1.82) is 0 Å². The van der Waals surface area contributed by atoms with E-state index in [1.165, 1.54) is 36.9 Å². The summed E-state index contributed by atoms with van der Waals surface area (Å²) in [7, 11) is 0. The van der Waals surface area contributed by atoms with E-state index in [0.717, 1.165) is 47.5 Å². The normalized spacial score (nSPS) is 16.3. The number of aliphatic carboxylic acids is 1. The molecule has 8 heteroatoms. The quantitative estimate of drug-likeness (QED) is 0.502. The first-order valence-electron chi connectivity index (χ1n) is 11.7. The number of halogens is 3. The molecule has 0 bridgehead atoms. The summed E-state index contributed by atoms with van der Waals surface area (Å²) in [6.45, 7) is 2.30. The Hall–Kier alpha value is -3.39. The second-order valence-electron chi connectivity index (χ2n) is 8.89. The molecule has 3 aromatic carbocycles. The van der Waals surface area contributed by atoms with Gasteiger partial charge in [-0.3, -0.25) is 9.69 Å². The maximum absolute atomic E-state index is 12.9. The molecule has 2 aliphatic rings. The van der Waals surface area contributed by atoms with Crippen LogP contribution in [0, 0.1) is 0 Å². The van der Waals surface area contributed by atoms with E-state index < -0.39 is 12.1 Å². The largest absolute Gasteiger partial charge is 0.490 e. The molecule has 1 amide bonds. The zero-order valence-electron chi connectivity index (χ0n) is 19.1. The molecule has 2 N–H and O–H groups in total. The molecule has 5 nitrogen and oxygen atoms in total. The van der Waals surface area contributed by atoms with E-state index in [4.69, 9.17) is 9.90 Å². The number of hydrogen-bond donors (Lipinski definition) is 2. The van der Waals surface area contributed by atoms with Gasteiger partial charge in [-0.15, -0.1) is 0 Å². The number of nitrogens with zero attached hydrogens (tertiary/aromatic N) is 1. The Balaban J connectivity index is 0.000000364. The molecule has 0 spiro atoms. The minimum absolute atomic E-state index is 0.0403. The van der Waals surface area contributed by atoms with Crippen LogP contribution in [0.2, 0.25) is 0 Å². The van der Waals surface area contributed by atoms with E-state index in [1.54, 1.807) is 0 Å². The lowest BCUT2D eigenvalue weighted by Gasteiger charge is -2.36. The molecule has 1 heterocycles. The summed E-state index contributed by atoms with van der Waals surface area (Å²) in [6, 6.07) is 21.2. The lowest BCUT2D eigenvalue weighted by Crippen LogP contribution is -2.41. The number of carboxylic acid groups (broad SMARTS) is 1. The number of benzene rings is 3. The van der Waals surface area contributed by atoms with E-state index in [2.05, 4.69) is 28.4 Å². The molecular formula is C27H27F3N2O3. The number of carboxylic acids is 1. The maximum atomic E-state index is 12.9. The van der Waals surface area contributed by atoms with Crippen molar-refractivity contribution in [3.8, 4) is 0 Å². The Morgan fingerprint density at radius 1 is 0.914 bits per heavy atom. The van der Waals surface area contributed by atoms with Crippen LogP contribution in [-0.2, 0) is 17.6 Å². The van der Waals surface area contributed by atoms with Gasteiger partial charge < -0.3 is 10.4 Å². The Bertz CT molecular complexity index is 1220. The van der Waals surface area contributed by atoms with Crippen molar-refractivity contribution in [3.63, 3.8) is 0 Å². The van der Waals surface area contributed by atoms with E-state index in [1.807, 2.05) is 42.5 Å². The van der Waals surface area contributed by atoms with Gasteiger partial charge >= 0.3 is 12.1 Å². The first-order valence-corrected chi connectivity index (χ1v) is 11.7. The monoisotopic (exact) mass is 484 g/mol. The zero-order valence-corrected chi connectivity index (χ0v) is 19.1. The van der Waals surface area contributed by atoms with Gasteiger partial charge in [-0.25, -0.2) is 4.79 Å². The van der Waals surface area contributed by atoms with Crippen LogP contribution < -0.4 is 5.32 Å². The topological polar surface area (TPSA) is 69.6 Å². The van der Waals surface area contributed by atoms with Crippen molar-refractivity contribution in [2.45, 2.75) is 44.3 Å². The van der Waals surface area contributed by atoms with Crippen LogP contribution in [0.15, 0.2) is 60.7 Å². The lowest BCUT2D eigenvalue weighted by atomic mass is 9.91. The molecule has 0 atom stereocenters. The maximum Gasteiger partial charge on any atom is 0.490 e. The third-order valence-electron chi connectivity index (χ3n) is 6.67. The van der Waals surface area contributed by atoms with Crippen molar-refractivity contribution in [1.82, 2.24) is 4.90 Å². The predicted octanol–water partition coefficient (Wildman–Crippen LogP) is 5.68. The average Bonchev–Trinajstić information content (AvgIpc) is 3.00. The number of amides is 1. The van der Waals surface area contributed by atoms with Crippen molar-refractivity contribution in [3.05, 3.63) is 77.4 Å². The number of rotatable bonds is 3. The number of nitrogens with one attached hydrogen (secondary N) is 1. The van der Waals surface area contributed by atoms with E-state index in [0.29, 0.717) is 0 Å². The number of hydrogen-bond acceptors (Lipinski definition) is 3. The number of fused-ring (bicyclic) bond motifs is 2. The summed E-state index contributed by atoms with van der Waals surface area (Å²) in [4.78, 5) is 24.5. The molecule has 35 heavy (non-hydrogen) atoms. The van der Waals surface area contributed by atoms with Gasteiger partial charge in [0, 0.05) is 30.4 Å². The highest BCUT2D eigenvalue weighted by atomic mass is 19.4. The van der Waals surface area contributed by atoms with Crippen LogP contribution in [0.1, 0.15) is 40.7 Å². The highest BCUT2D eigenvalue weighted by molar-refractivity contribution is 6.12. The minimum atomic E-state index is -5.08. The predicted molar refractivity (Wildman–Crippen MR) is 129 cm³/mol. The van der Waals surface area contributed by atoms with Crippen molar-refractivity contribution >= 4 is 28.3 Å². The minimum Gasteiger partial charge on any atom is -0.475 e. The second kappa shape index (κ2) is 10.5. The summed E-state index contributed by atoms with van der Waals surface area (Å²) < 4.78 is 31.7. The van der Waals surface area contributed by atoms with E-state index in [-0.39, 0.29) is 5.91 Å². The molecule has 0 aromatic heterocycles. The van der Waals surface area contributed by atoms with Crippen molar-refractivity contribution in [2.24, 2.45) is 0 Å². The fraction of sp³-hybridized carbons (Fsp3) is 0.333. The smallest absolute Gasteiger partial charge is 0.475 e. The summed E-state index contributed by atoms with van der Waals surface area (Å²) >= 11 is 0. The van der Waals surface area contributed by atoms with E-state index in [9.17, 15) is 18.0 Å². The first-order chi connectivity index (χ1) is 16.7. The summed E-state index contributed by atoms with van der Waals surface area (Å²) in [5.41, 5.74) is 4.44. The molecule has 1 saturated carbocycles. The van der Waals surface area contributed by atoms with E-state index >= 15 is 0 Å². The van der Waals surface area contributed by atoms with Crippen LogP contribution in [-0.4, -0.2) is 47.2 Å². The molecule has 1 aliphatic heterocycles. The number of carbonyl (C=O) groups is 2. The molecule has 5 rings (SSSR count). The van der Waals surface area contributed by atoms with Gasteiger partial charge in [-0.05, 0) is 65.8 Å². The summed E-state index contributed by atoms with van der Waals surface area (Å²) in [5, 5.41) is 12.3. The fourth-order valence-electron chi connectivity index (χ4n) is 4.56. The fourth-order valence-corrected chi connectivity index (χ4v) is 4.56. The third-order valence-corrected chi connectivity index (χ3v) is 6.67. The molecule has 0 unspecified atom stereocenters. The standard InChI is InChI=1S/C25H26N2O.C2HF3O2/c28-25(24-10-3-6-19-5-1-2-9-23(19)24)26-21-12-11-18-13-15-27(22-7-4-8-22)16-14-20(18)17-21;3-2(4,5)1(6)7/h1-3,5-6,9-12,17,22H,4,7-8,13-16H2,(H,26,28);(H,6,7).